The van der Waals surface area contributed by atoms with Gasteiger partial charge in [0.2, 0.25) is 0 Å². The lowest BCUT2D eigenvalue weighted by Gasteiger charge is -2.12. The van der Waals surface area contributed by atoms with E-state index < -0.39 is 5.91 Å². The highest BCUT2D eigenvalue weighted by Gasteiger charge is 2.12. The third-order valence-electron chi connectivity index (χ3n) is 4.62. The number of nitrogens with one attached hydrogen (secondary N) is 1. The Kier molecular flexibility index (Phi) is 8.22. The molecule has 3 aromatic carbocycles. The van der Waals surface area contributed by atoms with Gasteiger partial charge in [0.1, 0.15) is 0 Å². The smallest absolute Gasteiger partial charge is 0.255 e. The number of methoxy groups -OCH3 is 1. The van der Waals surface area contributed by atoms with E-state index in [0.717, 1.165) is 16.7 Å². The van der Waals surface area contributed by atoms with Gasteiger partial charge in [-0.1, -0.05) is 54.6 Å². The zero-order valence-corrected chi connectivity index (χ0v) is 17.9. The number of carbonyl (C=O) groups is 2. The number of carbonyl (C=O) groups excluding carboxylic acids is 2. The molecule has 0 heterocycles. The number of benzene rings is 3. The number of hydrogen-bond donors (Lipinski definition) is 2. The fourth-order valence-electron chi connectivity index (χ4n) is 3.05. The Balaban J connectivity index is 1.54. The molecule has 0 unspecified atom stereocenters. The SMILES string of the molecule is COc1cc(C(=O)NCc2cccc(COCc3ccccc3)c2)ccc1OCC(N)=O. The molecule has 3 rings (SSSR count). The standard InChI is InChI=1S/C25H26N2O5/c1-30-23-13-21(10-11-22(23)32-17-24(26)28)25(29)27-14-19-8-5-9-20(12-19)16-31-15-18-6-3-2-4-7-18/h2-13H,14-17H2,1H3,(H2,26,28)(H,27,29). The molecule has 0 aliphatic heterocycles. The van der Waals surface area contributed by atoms with Crippen LogP contribution in [0.3, 0.4) is 0 Å². The summed E-state index contributed by atoms with van der Waals surface area (Å²) in [7, 11) is 1.46. The highest BCUT2D eigenvalue weighted by Crippen LogP contribution is 2.28. The van der Waals surface area contributed by atoms with Gasteiger partial charge in [0.15, 0.2) is 18.1 Å². The van der Waals surface area contributed by atoms with Gasteiger partial charge in [0, 0.05) is 12.1 Å². The molecule has 0 radical (unpaired) electrons. The zero-order chi connectivity index (χ0) is 22.8. The average Bonchev–Trinajstić information content (AvgIpc) is 2.82. The summed E-state index contributed by atoms with van der Waals surface area (Å²) in [5.41, 5.74) is 8.63. The third kappa shape index (κ3) is 6.85. The molecule has 0 bridgehead atoms. The van der Waals surface area contributed by atoms with Crippen LogP contribution in [0.15, 0.2) is 72.8 Å². The van der Waals surface area contributed by atoms with Crippen LogP contribution in [0.2, 0.25) is 0 Å². The summed E-state index contributed by atoms with van der Waals surface area (Å²) in [5, 5.41) is 2.90. The van der Waals surface area contributed by atoms with Crippen LogP contribution in [-0.4, -0.2) is 25.5 Å². The minimum atomic E-state index is -0.596. The van der Waals surface area contributed by atoms with E-state index in [9.17, 15) is 9.59 Å². The highest BCUT2D eigenvalue weighted by atomic mass is 16.5. The molecule has 3 N–H and O–H groups in total. The lowest BCUT2D eigenvalue weighted by molar-refractivity contribution is -0.119. The summed E-state index contributed by atoms with van der Waals surface area (Å²) >= 11 is 0. The molecule has 0 fully saturated rings. The van der Waals surface area contributed by atoms with E-state index in [1.54, 1.807) is 18.2 Å². The van der Waals surface area contributed by atoms with Gasteiger partial charge in [-0.05, 0) is 34.9 Å². The van der Waals surface area contributed by atoms with Crippen LogP contribution >= 0.6 is 0 Å². The van der Waals surface area contributed by atoms with Gasteiger partial charge in [0.25, 0.3) is 11.8 Å². The van der Waals surface area contributed by atoms with Crippen LogP contribution in [0.5, 0.6) is 11.5 Å². The third-order valence-corrected chi connectivity index (χ3v) is 4.62. The molecule has 0 saturated heterocycles. The first-order valence-electron chi connectivity index (χ1n) is 10.1. The van der Waals surface area contributed by atoms with E-state index in [1.165, 1.54) is 7.11 Å². The fourth-order valence-corrected chi connectivity index (χ4v) is 3.05. The molecule has 0 aliphatic carbocycles. The van der Waals surface area contributed by atoms with Crippen molar-refractivity contribution < 1.29 is 23.8 Å². The Labute approximate surface area is 187 Å². The topological polar surface area (TPSA) is 99.9 Å². The molecular weight excluding hydrogens is 408 g/mol. The zero-order valence-electron chi connectivity index (χ0n) is 17.9. The predicted octanol–water partition coefficient (Wildman–Crippen LogP) is 3.21. The monoisotopic (exact) mass is 434 g/mol. The van der Waals surface area contributed by atoms with E-state index >= 15 is 0 Å². The van der Waals surface area contributed by atoms with Crippen molar-refractivity contribution in [1.82, 2.24) is 5.32 Å². The number of nitrogens with two attached hydrogens (primary N) is 1. The highest BCUT2D eigenvalue weighted by molar-refractivity contribution is 5.94. The quantitative estimate of drug-likeness (QED) is 0.483. The van der Waals surface area contributed by atoms with Gasteiger partial charge < -0.3 is 25.3 Å². The van der Waals surface area contributed by atoms with Crippen LogP contribution in [0.4, 0.5) is 0 Å². The summed E-state index contributed by atoms with van der Waals surface area (Å²) in [6, 6.07) is 22.6. The first-order chi connectivity index (χ1) is 15.5. The van der Waals surface area contributed by atoms with Crippen molar-refractivity contribution in [3.8, 4) is 11.5 Å². The molecular formula is C25H26N2O5. The van der Waals surface area contributed by atoms with Crippen LogP contribution in [0, 0.1) is 0 Å². The molecule has 7 heteroatoms. The summed E-state index contributed by atoms with van der Waals surface area (Å²) in [4.78, 5) is 23.5. The van der Waals surface area contributed by atoms with Crippen molar-refractivity contribution in [2.24, 2.45) is 5.73 Å². The molecule has 3 aromatic rings. The van der Waals surface area contributed by atoms with Gasteiger partial charge in [0.05, 0.1) is 20.3 Å². The van der Waals surface area contributed by atoms with Crippen LogP contribution in [0.25, 0.3) is 0 Å². The molecule has 0 saturated carbocycles. The van der Waals surface area contributed by atoms with Crippen molar-refractivity contribution in [1.29, 1.82) is 0 Å². The van der Waals surface area contributed by atoms with Crippen molar-refractivity contribution in [2.45, 2.75) is 19.8 Å². The minimum Gasteiger partial charge on any atom is -0.493 e. The number of hydrogen-bond acceptors (Lipinski definition) is 5. The second kappa shape index (κ2) is 11.5. The Bertz CT molecular complexity index is 1050. The molecule has 7 nitrogen and oxygen atoms in total. The van der Waals surface area contributed by atoms with Crippen molar-refractivity contribution in [3.05, 3.63) is 95.1 Å². The Morgan fingerprint density at radius 2 is 1.56 bits per heavy atom. The van der Waals surface area contributed by atoms with Crippen LogP contribution in [-0.2, 0) is 29.3 Å². The molecule has 0 aliphatic rings. The van der Waals surface area contributed by atoms with Gasteiger partial charge in [-0.25, -0.2) is 0 Å². The van der Waals surface area contributed by atoms with E-state index in [4.69, 9.17) is 19.9 Å². The second-order valence-corrected chi connectivity index (χ2v) is 7.10. The van der Waals surface area contributed by atoms with E-state index in [2.05, 4.69) is 5.32 Å². The summed E-state index contributed by atoms with van der Waals surface area (Å²) in [6.45, 7) is 1.13. The molecule has 166 valence electrons. The fraction of sp³-hybridized carbons (Fsp3) is 0.200. The summed E-state index contributed by atoms with van der Waals surface area (Å²) in [6.07, 6.45) is 0. The van der Waals surface area contributed by atoms with Gasteiger partial charge >= 0.3 is 0 Å². The summed E-state index contributed by atoms with van der Waals surface area (Å²) in [5.74, 6) is -0.167. The van der Waals surface area contributed by atoms with Gasteiger partial charge in [-0.2, -0.15) is 0 Å². The van der Waals surface area contributed by atoms with Gasteiger partial charge in [-0.15, -0.1) is 0 Å². The van der Waals surface area contributed by atoms with Crippen molar-refractivity contribution >= 4 is 11.8 Å². The van der Waals surface area contributed by atoms with E-state index in [1.807, 2.05) is 54.6 Å². The maximum absolute atomic E-state index is 12.6. The lowest BCUT2D eigenvalue weighted by Crippen LogP contribution is -2.23. The second-order valence-electron chi connectivity index (χ2n) is 7.10. The number of amides is 2. The Morgan fingerprint density at radius 3 is 2.31 bits per heavy atom. The number of primary amides is 1. The van der Waals surface area contributed by atoms with E-state index in [0.29, 0.717) is 36.8 Å². The predicted molar refractivity (Wildman–Crippen MR) is 120 cm³/mol. The lowest BCUT2D eigenvalue weighted by atomic mass is 10.1. The Hall–Kier alpha value is -3.84. The summed E-state index contributed by atoms with van der Waals surface area (Å²) < 4.78 is 16.3. The first kappa shape index (κ1) is 22.8. The van der Waals surface area contributed by atoms with Crippen molar-refractivity contribution in [2.75, 3.05) is 13.7 Å². The molecule has 0 spiro atoms. The Morgan fingerprint density at radius 1 is 0.844 bits per heavy atom. The molecule has 0 aromatic heterocycles. The molecule has 32 heavy (non-hydrogen) atoms. The molecule has 2 amide bonds. The van der Waals surface area contributed by atoms with Crippen LogP contribution in [0.1, 0.15) is 27.0 Å². The molecule has 0 atom stereocenters. The number of ether oxygens (including phenoxy) is 3. The maximum atomic E-state index is 12.6. The number of rotatable bonds is 11. The minimum absolute atomic E-state index is 0.254. The van der Waals surface area contributed by atoms with Gasteiger partial charge in [-0.3, -0.25) is 9.59 Å². The maximum Gasteiger partial charge on any atom is 0.255 e. The normalized spacial score (nSPS) is 10.4. The average molecular weight is 434 g/mol. The van der Waals surface area contributed by atoms with Crippen molar-refractivity contribution in [3.63, 3.8) is 0 Å². The van der Waals surface area contributed by atoms with E-state index in [-0.39, 0.29) is 12.5 Å². The largest absolute Gasteiger partial charge is 0.493 e. The van der Waals surface area contributed by atoms with Crippen LogP contribution < -0.4 is 20.5 Å². The first-order valence-corrected chi connectivity index (χ1v) is 10.1.